The minimum Gasteiger partial charge on any atom is -0.388 e. The zero-order chi connectivity index (χ0) is 10.6. The Hall–Kier alpha value is -0.200. The van der Waals surface area contributed by atoms with Crippen molar-refractivity contribution in [3.05, 3.63) is 0 Å². The second kappa shape index (κ2) is 4.15. The van der Waals surface area contributed by atoms with Crippen molar-refractivity contribution in [1.82, 2.24) is 0 Å². The number of rotatable bonds is 2. The lowest BCUT2D eigenvalue weighted by Gasteiger charge is -2.36. The van der Waals surface area contributed by atoms with Gasteiger partial charge in [-0.1, -0.05) is 0 Å². The Morgan fingerprint density at radius 3 is 2.67 bits per heavy atom. The smallest absolute Gasteiger partial charge is 0.183 e. The van der Waals surface area contributed by atoms with E-state index in [4.69, 9.17) is 17.0 Å². The molecule has 0 saturated carbocycles. The summed E-state index contributed by atoms with van der Waals surface area (Å²) in [6, 6.07) is 0. The zero-order valence-corrected chi connectivity index (χ0v) is 6.55. The van der Waals surface area contributed by atoms with Crippen molar-refractivity contribution in [2.75, 3.05) is 20.8 Å². The number of aliphatic hydroxyl groups excluding tert-OH is 2. The molecule has 1 rings (SSSR count). The van der Waals surface area contributed by atoms with E-state index in [1.165, 1.54) is 0 Å². The summed E-state index contributed by atoms with van der Waals surface area (Å²) in [7, 11) is -0.706. The fourth-order valence-corrected chi connectivity index (χ4v) is 1.15. The highest BCUT2D eigenvalue weighted by Gasteiger charge is 2.39. The van der Waals surface area contributed by atoms with Crippen molar-refractivity contribution in [1.29, 1.82) is 0 Å². The van der Waals surface area contributed by atoms with Gasteiger partial charge < -0.3 is 24.4 Å². The summed E-state index contributed by atoms with van der Waals surface area (Å²) in [5, 5.41) is 18.8. The van der Waals surface area contributed by atoms with Gasteiger partial charge in [-0.2, -0.15) is 0 Å². The van der Waals surface area contributed by atoms with Crippen LogP contribution in [-0.4, -0.2) is 55.6 Å². The summed E-state index contributed by atoms with van der Waals surface area (Å²) >= 11 is 0. The average Bonchev–Trinajstić information content (AvgIpc) is 2.17. The quantitative estimate of drug-likeness (QED) is 0.554. The second-order valence-electron chi connectivity index (χ2n) is 2.55. The number of hydrogen-bond acceptors (Lipinski definition) is 5. The number of ether oxygens (including phenoxy) is 3. The largest absolute Gasteiger partial charge is 0.388 e. The maximum absolute atomic E-state index is 9.43. The first kappa shape index (κ1) is 7.23. The minimum absolute atomic E-state index is 0.0658. The Balaban J connectivity index is 2.60. The van der Waals surface area contributed by atoms with Gasteiger partial charge in [0.2, 0.25) is 0 Å². The highest BCUT2D eigenvalue weighted by Crippen LogP contribution is 2.18. The van der Waals surface area contributed by atoms with Crippen LogP contribution in [0.4, 0.5) is 0 Å². The molecule has 0 aromatic heterocycles. The lowest BCUT2D eigenvalue weighted by atomic mass is 10.1. The third kappa shape index (κ3) is 1.75. The summed E-state index contributed by atoms with van der Waals surface area (Å²) in [6.07, 6.45) is -3.90. The van der Waals surface area contributed by atoms with E-state index in [1.807, 2.05) is 0 Å². The summed E-state index contributed by atoms with van der Waals surface area (Å²) in [4.78, 5) is 0. The number of aliphatic hydroxyl groups is 2. The van der Waals surface area contributed by atoms with Crippen LogP contribution in [0.5, 0.6) is 0 Å². The molecule has 5 nitrogen and oxygen atoms in total. The Morgan fingerprint density at radius 2 is 2.00 bits per heavy atom. The molecule has 0 radical (unpaired) electrons. The van der Waals surface area contributed by atoms with Crippen molar-refractivity contribution in [3.8, 4) is 0 Å². The minimum atomic E-state index is -1.22. The van der Waals surface area contributed by atoms with E-state index in [0.29, 0.717) is 0 Å². The van der Waals surface area contributed by atoms with Crippen LogP contribution in [0.25, 0.3) is 0 Å². The van der Waals surface area contributed by atoms with Crippen LogP contribution in [0, 0.1) is 0 Å². The van der Waals surface area contributed by atoms with Gasteiger partial charge in [0.25, 0.3) is 0 Å². The van der Waals surface area contributed by atoms with Gasteiger partial charge in [-0.3, -0.25) is 0 Å². The van der Waals surface area contributed by atoms with E-state index in [-0.39, 0.29) is 20.8 Å². The molecular weight excluding hydrogens is 164 g/mol. The van der Waals surface area contributed by atoms with E-state index in [1.54, 1.807) is 0 Å². The molecule has 0 aromatic rings. The average molecular weight is 180 g/mol. The van der Waals surface area contributed by atoms with Crippen LogP contribution in [0.15, 0.2) is 0 Å². The van der Waals surface area contributed by atoms with E-state index in [9.17, 15) is 10.2 Å². The molecule has 1 fully saturated rings. The predicted octanol–water partition coefficient (Wildman–Crippen LogP) is -1.27. The van der Waals surface area contributed by atoms with Crippen LogP contribution in [0.1, 0.15) is 2.74 Å². The highest BCUT2D eigenvalue weighted by atomic mass is 16.7. The number of hydrogen-bond donors (Lipinski definition) is 2. The molecular formula is C7H14O5. The lowest BCUT2D eigenvalue weighted by molar-refractivity contribution is -0.264. The Labute approximate surface area is 73.7 Å². The van der Waals surface area contributed by atoms with Crippen LogP contribution in [0.2, 0.25) is 0 Å². The molecule has 1 aliphatic rings. The van der Waals surface area contributed by atoms with Crippen molar-refractivity contribution in [3.63, 3.8) is 0 Å². The Morgan fingerprint density at radius 1 is 1.33 bits per heavy atom. The molecule has 0 bridgehead atoms. The van der Waals surface area contributed by atoms with Gasteiger partial charge in [-0.25, -0.2) is 0 Å². The molecule has 12 heavy (non-hydrogen) atoms. The highest BCUT2D eigenvalue weighted by molar-refractivity contribution is 4.84. The van der Waals surface area contributed by atoms with Gasteiger partial charge in [0.1, 0.15) is 18.3 Å². The third-order valence-corrected chi connectivity index (χ3v) is 1.81. The topological polar surface area (TPSA) is 68.2 Å². The van der Waals surface area contributed by atoms with Gasteiger partial charge in [-0.05, 0) is 0 Å². The number of methoxy groups -OCH3 is 2. The van der Waals surface area contributed by atoms with Gasteiger partial charge in [0.05, 0.1) is 9.35 Å². The van der Waals surface area contributed by atoms with Crippen molar-refractivity contribution >= 4 is 0 Å². The molecule has 4 atom stereocenters. The van der Waals surface area contributed by atoms with E-state index < -0.39 is 24.6 Å². The molecule has 5 heteroatoms. The van der Waals surface area contributed by atoms with E-state index in [0.717, 1.165) is 0 Å². The van der Waals surface area contributed by atoms with Gasteiger partial charge in [0.15, 0.2) is 6.29 Å². The fourth-order valence-electron chi connectivity index (χ4n) is 1.15. The zero-order valence-electron chi connectivity index (χ0n) is 8.55. The maximum atomic E-state index is 9.43. The molecule has 1 saturated heterocycles. The third-order valence-electron chi connectivity index (χ3n) is 1.81. The molecule has 0 spiro atoms. The Kier molecular flexibility index (Phi) is 2.50. The molecule has 1 unspecified atom stereocenters. The first-order chi connectivity index (χ1) is 6.70. The standard InChI is InChI=1S/C7H14O5/c1-10-5-4(8)3-12-7(9)6(5)11-2/h4-9H,3H2,1-2H3/t4-,5+,6-,7?/m1/s1/i1D,2D. The summed E-state index contributed by atoms with van der Waals surface area (Å²) in [6.45, 7) is -0.0658. The van der Waals surface area contributed by atoms with Crippen molar-refractivity contribution < 1.29 is 27.2 Å². The fraction of sp³-hybridized carbons (Fsp3) is 1.00. The molecule has 1 heterocycles. The van der Waals surface area contributed by atoms with Gasteiger partial charge >= 0.3 is 0 Å². The summed E-state index contributed by atoms with van der Waals surface area (Å²) in [5.41, 5.74) is 0. The lowest BCUT2D eigenvalue weighted by Crippen LogP contribution is -2.54. The normalized spacial score (nSPS) is 45.2. The van der Waals surface area contributed by atoms with Crippen LogP contribution >= 0.6 is 0 Å². The maximum Gasteiger partial charge on any atom is 0.183 e. The molecule has 0 aliphatic carbocycles. The van der Waals surface area contributed by atoms with Crippen LogP contribution < -0.4 is 0 Å². The molecule has 0 aromatic carbocycles. The summed E-state index contributed by atoms with van der Waals surface area (Å²) < 4.78 is 28.2. The SMILES string of the molecule is [2H]CO[C@H]1[C@H](O)COC(O)[C@@H]1OC[2H]. The van der Waals surface area contributed by atoms with Crippen molar-refractivity contribution in [2.24, 2.45) is 0 Å². The molecule has 1 aliphatic heterocycles. The van der Waals surface area contributed by atoms with Gasteiger partial charge in [-0.15, -0.1) is 0 Å². The molecule has 0 amide bonds. The first-order valence-electron chi connectivity index (χ1n) is 4.91. The van der Waals surface area contributed by atoms with E-state index in [2.05, 4.69) is 0 Å². The first-order valence-corrected chi connectivity index (χ1v) is 3.50. The Bertz CT molecular complexity index is 152. The molecule has 2 N–H and O–H groups in total. The monoisotopic (exact) mass is 180 g/mol. The van der Waals surface area contributed by atoms with Gasteiger partial charge in [0, 0.05) is 14.2 Å². The van der Waals surface area contributed by atoms with Crippen molar-refractivity contribution in [2.45, 2.75) is 24.6 Å². The second-order valence-corrected chi connectivity index (χ2v) is 2.55. The molecule has 72 valence electrons. The van der Waals surface area contributed by atoms with E-state index >= 15 is 0 Å². The van der Waals surface area contributed by atoms with Crippen LogP contribution in [0.3, 0.4) is 0 Å². The predicted molar refractivity (Wildman–Crippen MR) is 39.6 cm³/mol. The summed E-state index contributed by atoms with van der Waals surface area (Å²) in [5.74, 6) is 0. The van der Waals surface area contributed by atoms with Crippen LogP contribution in [-0.2, 0) is 14.2 Å².